The Labute approximate surface area is 148 Å². The average molecular weight is 327 g/mol. The predicted molar refractivity (Wildman–Crippen MR) is 107 cm³/mol. The molecule has 0 unspecified atom stereocenters. The Balaban J connectivity index is 3.37. The third-order valence-corrected chi connectivity index (χ3v) is 5.16. The SMILES string of the molecule is CCCCCCCCCC[N+](C)(C)CCCCCCCC(C)C. The lowest BCUT2D eigenvalue weighted by molar-refractivity contribution is -0.890. The van der Waals surface area contributed by atoms with E-state index >= 15 is 0 Å². The maximum absolute atomic E-state index is 2.43. The second-order valence-corrected chi connectivity index (χ2v) is 8.81. The lowest BCUT2D eigenvalue weighted by Crippen LogP contribution is -2.41. The zero-order valence-corrected chi connectivity index (χ0v) is 17.3. The molecule has 0 aliphatic rings. The van der Waals surface area contributed by atoms with Crippen molar-refractivity contribution in [1.82, 2.24) is 0 Å². The molecule has 0 aromatic heterocycles. The van der Waals surface area contributed by atoms with Gasteiger partial charge in [0.05, 0.1) is 27.2 Å². The molecule has 0 aliphatic carbocycles. The third kappa shape index (κ3) is 18.1. The van der Waals surface area contributed by atoms with E-state index in [0.717, 1.165) is 5.92 Å². The molecule has 0 atom stereocenters. The highest BCUT2D eigenvalue weighted by molar-refractivity contribution is 4.50. The quantitative estimate of drug-likeness (QED) is 0.196. The lowest BCUT2D eigenvalue weighted by atomic mass is 10.0. The minimum atomic E-state index is 0.886. The van der Waals surface area contributed by atoms with Gasteiger partial charge in [0, 0.05) is 0 Å². The van der Waals surface area contributed by atoms with E-state index < -0.39 is 0 Å². The van der Waals surface area contributed by atoms with Crippen molar-refractivity contribution >= 4 is 0 Å². The molecule has 0 amide bonds. The molecule has 0 aliphatic heterocycles. The zero-order chi connectivity index (χ0) is 17.4. The minimum absolute atomic E-state index is 0.886. The number of unbranched alkanes of at least 4 members (excludes halogenated alkanes) is 11. The van der Waals surface area contributed by atoms with Crippen molar-refractivity contribution < 1.29 is 4.48 Å². The second kappa shape index (κ2) is 15.5. The topological polar surface area (TPSA) is 0 Å². The van der Waals surface area contributed by atoms with Gasteiger partial charge < -0.3 is 4.48 Å². The van der Waals surface area contributed by atoms with Crippen LogP contribution in [0.2, 0.25) is 0 Å². The molecule has 0 saturated carbocycles. The van der Waals surface area contributed by atoms with E-state index in [2.05, 4.69) is 34.9 Å². The Hall–Kier alpha value is -0.0400. The molecule has 0 aromatic rings. The standard InChI is InChI=1S/C22H48N/c1-6-7-8-9-10-11-14-17-20-23(4,5)21-18-15-12-13-16-19-22(2)3/h22H,6-21H2,1-5H3/q+1. The van der Waals surface area contributed by atoms with Crippen LogP contribution in [-0.2, 0) is 0 Å². The van der Waals surface area contributed by atoms with Crippen LogP contribution in [-0.4, -0.2) is 31.7 Å². The Bertz CT molecular complexity index is 232. The number of rotatable bonds is 17. The van der Waals surface area contributed by atoms with E-state index in [0.29, 0.717) is 0 Å². The van der Waals surface area contributed by atoms with Gasteiger partial charge in [-0.25, -0.2) is 0 Å². The summed E-state index contributed by atoms with van der Waals surface area (Å²) >= 11 is 0. The smallest absolute Gasteiger partial charge is 0.0782 e. The minimum Gasteiger partial charge on any atom is -0.328 e. The molecule has 0 spiro atoms. The molecule has 140 valence electrons. The van der Waals surface area contributed by atoms with Crippen LogP contribution in [0.15, 0.2) is 0 Å². The largest absolute Gasteiger partial charge is 0.328 e. The second-order valence-electron chi connectivity index (χ2n) is 8.81. The summed E-state index contributed by atoms with van der Waals surface area (Å²) in [6, 6.07) is 0. The number of hydrogen-bond acceptors (Lipinski definition) is 0. The van der Waals surface area contributed by atoms with Crippen molar-refractivity contribution in [3.8, 4) is 0 Å². The van der Waals surface area contributed by atoms with Crippen molar-refractivity contribution in [3.05, 3.63) is 0 Å². The zero-order valence-electron chi connectivity index (χ0n) is 17.3. The van der Waals surface area contributed by atoms with Crippen molar-refractivity contribution in [2.75, 3.05) is 27.2 Å². The molecule has 0 N–H and O–H groups in total. The van der Waals surface area contributed by atoms with Gasteiger partial charge in [0.2, 0.25) is 0 Å². The van der Waals surface area contributed by atoms with Gasteiger partial charge in [0.1, 0.15) is 0 Å². The summed E-state index contributed by atoms with van der Waals surface area (Å²) < 4.78 is 1.24. The van der Waals surface area contributed by atoms with Crippen LogP contribution in [0.25, 0.3) is 0 Å². The summed E-state index contributed by atoms with van der Waals surface area (Å²) in [5.74, 6) is 0.886. The molecular weight excluding hydrogens is 278 g/mol. The van der Waals surface area contributed by atoms with Gasteiger partial charge in [-0.1, -0.05) is 85.0 Å². The first kappa shape index (κ1) is 23.0. The van der Waals surface area contributed by atoms with Crippen LogP contribution in [0.5, 0.6) is 0 Å². The summed E-state index contributed by atoms with van der Waals surface area (Å²) in [5.41, 5.74) is 0. The first-order valence-corrected chi connectivity index (χ1v) is 10.8. The normalized spacial score (nSPS) is 12.3. The summed E-state index contributed by atoms with van der Waals surface area (Å²) in [4.78, 5) is 0. The molecule has 23 heavy (non-hydrogen) atoms. The average Bonchev–Trinajstić information content (AvgIpc) is 2.48. The van der Waals surface area contributed by atoms with Crippen molar-refractivity contribution in [3.63, 3.8) is 0 Å². The van der Waals surface area contributed by atoms with Crippen LogP contribution in [0.3, 0.4) is 0 Å². The van der Waals surface area contributed by atoms with Crippen LogP contribution >= 0.6 is 0 Å². The molecule has 0 radical (unpaired) electrons. The fourth-order valence-electron chi connectivity index (χ4n) is 3.41. The summed E-state index contributed by atoms with van der Waals surface area (Å²) in [5, 5.41) is 0. The van der Waals surface area contributed by atoms with Gasteiger partial charge in [-0.15, -0.1) is 0 Å². The highest BCUT2D eigenvalue weighted by Gasteiger charge is 2.13. The van der Waals surface area contributed by atoms with Crippen LogP contribution in [0.4, 0.5) is 0 Å². The molecule has 1 heteroatoms. The van der Waals surface area contributed by atoms with Crippen LogP contribution in [0, 0.1) is 5.92 Å². The molecule has 0 rings (SSSR count). The van der Waals surface area contributed by atoms with Crippen LogP contribution in [0.1, 0.15) is 111 Å². The molecule has 0 fully saturated rings. The first-order chi connectivity index (χ1) is 11.0. The molecular formula is C22H48N+. The van der Waals surface area contributed by atoms with E-state index in [9.17, 15) is 0 Å². The highest BCUT2D eigenvalue weighted by Crippen LogP contribution is 2.13. The number of quaternary nitrogens is 1. The van der Waals surface area contributed by atoms with Crippen molar-refractivity contribution in [2.24, 2.45) is 5.92 Å². The summed E-state index contributed by atoms with van der Waals surface area (Å²) in [6.07, 6.45) is 20.1. The van der Waals surface area contributed by atoms with Gasteiger partial charge in [0.15, 0.2) is 0 Å². The maximum Gasteiger partial charge on any atom is 0.0782 e. The number of nitrogens with zero attached hydrogens (tertiary/aromatic N) is 1. The molecule has 0 saturated heterocycles. The fraction of sp³-hybridized carbons (Fsp3) is 1.00. The van der Waals surface area contributed by atoms with E-state index in [1.54, 1.807) is 0 Å². The van der Waals surface area contributed by atoms with Gasteiger partial charge in [-0.05, 0) is 31.6 Å². The Morgan fingerprint density at radius 3 is 1.39 bits per heavy atom. The number of hydrogen-bond donors (Lipinski definition) is 0. The van der Waals surface area contributed by atoms with E-state index in [1.807, 2.05) is 0 Å². The van der Waals surface area contributed by atoms with Crippen molar-refractivity contribution in [2.45, 2.75) is 111 Å². The molecule has 0 bridgehead atoms. The molecule has 0 aromatic carbocycles. The summed E-state index contributed by atoms with van der Waals surface area (Å²) in [6.45, 7) is 9.73. The fourth-order valence-corrected chi connectivity index (χ4v) is 3.41. The van der Waals surface area contributed by atoms with E-state index in [-0.39, 0.29) is 0 Å². The van der Waals surface area contributed by atoms with E-state index in [4.69, 9.17) is 0 Å². The third-order valence-electron chi connectivity index (χ3n) is 5.16. The lowest BCUT2D eigenvalue weighted by Gasteiger charge is -2.30. The van der Waals surface area contributed by atoms with Gasteiger partial charge in [-0.3, -0.25) is 0 Å². The van der Waals surface area contributed by atoms with Crippen molar-refractivity contribution in [1.29, 1.82) is 0 Å². The molecule has 1 nitrogen and oxygen atoms in total. The van der Waals surface area contributed by atoms with Crippen LogP contribution < -0.4 is 0 Å². The van der Waals surface area contributed by atoms with E-state index in [1.165, 1.54) is 107 Å². The first-order valence-electron chi connectivity index (χ1n) is 10.8. The Morgan fingerprint density at radius 2 is 0.957 bits per heavy atom. The summed E-state index contributed by atoms with van der Waals surface area (Å²) in [7, 11) is 4.86. The van der Waals surface area contributed by atoms with Gasteiger partial charge in [0.25, 0.3) is 0 Å². The van der Waals surface area contributed by atoms with Gasteiger partial charge in [-0.2, -0.15) is 0 Å². The monoisotopic (exact) mass is 326 g/mol. The van der Waals surface area contributed by atoms with Gasteiger partial charge >= 0.3 is 0 Å². The Morgan fingerprint density at radius 1 is 0.565 bits per heavy atom. The maximum atomic E-state index is 2.43. The predicted octanol–water partition coefficient (Wildman–Crippen LogP) is 7.20. The highest BCUT2D eigenvalue weighted by atomic mass is 15.3. The Kier molecular flexibility index (Phi) is 15.5. The molecule has 0 heterocycles.